The van der Waals surface area contributed by atoms with Gasteiger partial charge in [0.05, 0.1) is 44.1 Å². The first kappa shape index (κ1) is 19.3. The van der Waals surface area contributed by atoms with Gasteiger partial charge in [0.15, 0.2) is 0 Å². The maximum atomic E-state index is 12.9. The molecule has 0 aliphatic heterocycles. The van der Waals surface area contributed by atoms with Gasteiger partial charge < -0.3 is 20.3 Å². The molecule has 0 saturated carbocycles. The van der Waals surface area contributed by atoms with E-state index in [0.29, 0.717) is 38.3 Å². The Morgan fingerprint density at radius 1 is 1.21 bits per heavy atom. The van der Waals surface area contributed by atoms with Crippen LogP contribution in [0, 0.1) is 6.92 Å². The first-order valence-corrected chi connectivity index (χ1v) is 9.60. The van der Waals surface area contributed by atoms with E-state index in [2.05, 4.69) is 25.8 Å². The van der Waals surface area contributed by atoms with Gasteiger partial charge in [-0.3, -0.25) is 4.79 Å². The molecule has 9 heteroatoms. The van der Waals surface area contributed by atoms with Crippen molar-refractivity contribution in [1.82, 2.24) is 20.0 Å². The predicted octanol–water partition coefficient (Wildman–Crippen LogP) is 4.33. The van der Waals surface area contributed by atoms with Crippen LogP contribution in [0.4, 0.5) is 11.6 Å². The number of hydrazone groups is 1. The van der Waals surface area contributed by atoms with Gasteiger partial charge in [-0.15, -0.1) is 0 Å². The molecule has 2 heterocycles. The van der Waals surface area contributed by atoms with E-state index in [4.69, 9.17) is 23.2 Å². The topological polar surface area (TPSA) is 87.1 Å². The fraction of sp³-hybridized carbons (Fsp3) is 0.150. The first-order chi connectivity index (χ1) is 13.9. The molecule has 0 saturated heterocycles. The number of H-pyrrole nitrogens is 1. The second kappa shape index (κ2) is 7.42. The molecule has 4 rings (SSSR count). The number of fused-ring (bicyclic) bond motifs is 3. The molecule has 148 valence electrons. The van der Waals surface area contributed by atoms with Crippen LogP contribution in [0.5, 0.6) is 0 Å². The van der Waals surface area contributed by atoms with E-state index in [1.807, 2.05) is 30.7 Å². The molecule has 29 heavy (non-hydrogen) atoms. The van der Waals surface area contributed by atoms with Crippen molar-refractivity contribution in [2.75, 3.05) is 12.4 Å². The molecule has 0 aliphatic carbocycles. The summed E-state index contributed by atoms with van der Waals surface area (Å²) in [5.41, 5.74) is 6.02. The van der Waals surface area contributed by atoms with Crippen LogP contribution >= 0.6 is 23.2 Å². The van der Waals surface area contributed by atoms with E-state index in [0.717, 1.165) is 16.5 Å². The van der Waals surface area contributed by atoms with E-state index in [-0.39, 0.29) is 5.56 Å². The summed E-state index contributed by atoms with van der Waals surface area (Å²) >= 11 is 12.5. The maximum absolute atomic E-state index is 12.9. The number of para-hydroxylation sites is 1. The monoisotopic (exact) mass is 428 g/mol. The lowest BCUT2D eigenvalue weighted by Crippen LogP contribution is -2.13. The summed E-state index contributed by atoms with van der Waals surface area (Å²) in [6, 6.07) is 9.06. The first-order valence-electron chi connectivity index (χ1n) is 8.85. The van der Waals surface area contributed by atoms with Crippen LogP contribution in [-0.4, -0.2) is 27.8 Å². The van der Waals surface area contributed by atoms with Crippen LogP contribution in [-0.2, 0) is 7.05 Å². The quantitative estimate of drug-likeness (QED) is 0.333. The zero-order valence-electron chi connectivity index (χ0n) is 16.0. The molecule has 0 amide bonds. The Hall–Kier alpha value is -3.03. The smallest absolute Gasteiger partial charge is 0.258 e. The minimum absolute atomic E-state index is 0.209. The normalized spacial score (nSPS) is 11.6. The van der Waals surface area contributed by atoms with Gasteiger partial charge in [-0.25, -0.2) is 4.98 Å². The zero-order valence-corrected chi connectivity index (χ0v) is 17.5. The SMILES string of the molecule is CNN=Cc1[nH]c(=O)c2c(ccc3nc(Nc4c(Cl)cccc4Cl)n(C)c32)c1C. The molecule has 0 unspecified atom stereocenters. The van der Waals surface area contributed by atoms with Crippen molar-refractivity contribution in [1.29, 1.82) is 0 Å². The van der Waals surface area contributed by atoms with Crippen LogP contribution in [0.15, 0.2) is 40.2 Å². The standard InChI is InChI=1S/C20H18Cl2N6O/c1-10-11-7-8-14-18(16(11)19(29)25-15(10)9-24-23-2)28(3)20(26-14)27-17-12(21)5-4-6-13(17)22/h4-9,23H,1-3H3,(H,25,29)(H,26,27). The number of anilines is 2. The van der Waals surface area contributed by atoms with E-state index < -0.39 is 0 Å². The van der Waals surface area contributed by atoms with Crippen LogP contribution in [0.25, 0.3) is 21.8 Å². The fourth-order valence-electron chi connectivity index (χ4n) is 3.37. The zero-order chi connectivity index (χ0) is 20.7. The van der Waals surface area contributed by atoms with Gasteiger partial charge in [0, 0.05) is 14.1 Å². The van der Waals surface area contributed by atoms with Crippen molar-refractivity contribution in [2.45, 2.75) is 6.92 Å². The van der Waals surface area contributed by atoms with Gasteiger partial charge in [0.1, 0.15) is 0 Å². The number of aryl methyl sites for hydroxylation is 2. The number of pyridine rings is 1. The lowest BCUT2D eigenvalue weighted by atomic mass is 10.0. The number of nitrogens with one attached hydrogen (secondary N) is 3. The molecule has 0 atom stereocenters. The van der Waals surface area contributed by atoms with Crippen molar-refractivity contribution in [2.24, 2.45) is 12.1 Å². The molecule has 2 aromatic carbocycles. The molecule has 2 aromatic heterocycles. The molecule has 4 aromatic rings. The average molecular weight is 429 g/mol. The number of aromatic nitrogens is 3. The Bertz CT molecular complexity index is 1320. The fourth-order valence-corrected chi connectivity index (χ4v) is 3.86. The van der Waals surface area contributed by atoms with Gasteiger partial charge >= 0.3 is 0 Å². The molecular formula is C20H18Cl2N6O. The Balaban J connectivity index is 1.95. The van der Waals surface area contributed by atoms with Crippen molar-refractivity contribution in [3.05, 3.63) is 62.0 Å². The molecular weight excluding hydrogens is 411 g/mol. The maximum Gasteiger partial charge on any atom is 0.258 e. The van der Waals surface area contributed by atoms with Gasteiger partial charge in [0.25, 0.3) is 5.56 Å². The Morgan fingerprint density at radius 2 is 1.93 bits per heavy atom. The van der Waals surface area contributed by atoms with Crippen molar-refractivity contribution in [3.63, 3.8) is 0 Å². The van der Waals surface area contributed by atoms with Crippen LogP contribution in [0.1, 0.15) is 11.3 Å². The van der Waals surface area contributed by atoms with Crippen LogP contribution in [0.3, 0.4) is 0 Å². The molecule has 0 radical (unpaired) electrons. The molecule has 0 spiro atoms. The number of hydrogen-bond donors (Lipinski definition) is 3. The summed E-state index contributed by atoms with van der Waals surface area (Å²) in [5.74, 6) is 0.528. The molecule has 0 fully saturated rings. The van der Waals surface area contributed by atoms with Gasteiger partial charge in [0.2, 0.25) is 5.95 Å². The summed E-state index contributed by atoms with van der Waals surface area (Å²) in [7, 11) is 3.54. The third-order valence-electron chi connectivity index (χ3n) is 4.84. The number of rotatable bonds is 4. The lowest BCUT2D eigenvalue weighted by molar-refractivity contribution is 0.906. The van der Waals surface area contributed by atoms with Gasteiger partial charge in [-0.05, 0) is 36.1 Å². The molecule has 7 nitrogen and oxygen atoms in total. The second-order valence-electron chi connectivity index (χ2n) is 6.55. The number of aromatic amines is 1. The number of benzene rings is 2. The summed E-state index contributed by atoms with van der Waals surface area (Å²) in [5, 5.41) is 9.55. The largest absolute Gasteiger partial charge is 0.323 e. The summed E-state index contributed by atoms with van der Waals surface area (Å²) in [6.45, 7) is 1.94. The minimum atomic E-state index is -0.209. The third kappa shape index (κ3) is 3.22. The van der Waals surface area contributed by atoms with E-state index in [1.54, 1.807) is 31.5 Å². The van der Waals surface area contributed by atoms with Crippen LogP contribution < -0.4 is 16.3 Å². The number of imidazole rings is 1. The number of nitrogens with zero attached hydrogens (tertiary/aromatic N) is 3. The predicted molar refractivity (Wildman–Crippen MR) is 120 cm³/mol. The Kier molecular flexibility index (Phi) is 4.94. The number of hydrogen-bond acceptors (Lipinski definition) is 5. The minimum Gasteiger partial charge on any atom is -0.323 e. The molecule has 0 aliphatic rings. The van der Waals surface area contributed by atoms with E-state index in [1.165, 1.54) is 0 Å². The lowest BCUT2D eigenvalue weighted by Gasteiger charge is -2.10. The highest BCUT2D eigenvalue weighted by molar-refractivity contribution is 6.39. The highest BCUT2D eigenvalue weighted by Gasteiger charge is 2.17. The van der Waals surface area contributed by atoms with Gasteiger partial charge in [-0.2, -0.15) is 5.10 Å². The Labute approximate surface area is 176 Å². The summed E-state index contributed by atoms with van der Waals surface area (Å²) < 4.78 is 1.83. The molecule has 3 N–H and O–H groups in total. The second-order valence-corrected chi connectivity index (χ2v) is 7.36. The van der Waals surface area contributed by atoms with E-state index in [9.17, 15) is 4.79 Å². The van der Waals surface area contributed by atoms with Crippen LogP contribution in [0.2, 0.25) is 10.0 Å². The van der Waals surface area contributed by atoms with Gasteiger partial charge in [-0.1, -0.05) is 35.3 Å². The summed E-state index contributed by atoms with van der Waals surface area (Å²) in [6.07, 6.45) is 1.59. The third-order valence-corrected chi connectivity index (χ3v) is 5.47. The van der Waals surface area contributed by atoms with Crippen molar-refractivity contribution >= 4 is 62.9 Å². The highest BCUT2D eigenvalue weighted by atomic mass is 35.5. The van der Waals surface area contributed by atoms with E-state index >= 15 is 0 Å². The Morgan fingerprint density at radius 3 is 2.62 bits per heavy atom. The van der Waals surface area contributed by atoms with Crippen molar-refractivity contribution in [3.8, 4) is 0 Å². The molecule has 0 bridgehead atoms. The number of halogens is 2. The summed E-state index contributed by atoms with van der Waals surface area (Å²) in [4.78, 5) is 20.4. The average Bonchev–Trinajstić information content (AvgIpc) is 3.02. The highest BCUT2D eigenvalue weighted by Crippen LogP contribution is 2.34. The van der Waals surface area contributed by atoms with Crippen molar-refractivity contribution < 1.29 is 0 Å².